The van der Waals surface area contributed by atoms with Crippen LogP contribution in [0.25, 0.3) is 0 Å². The number of hydrogen-bond donors (Lipinski definition) is 2. The van der Waals surface area contributed by atoms with Crippen molar-refractivity contribution in [1.82, 2.24) is 0 Å². The molecule has 1 unspecified atom stereocenters. The second-order valence-corrected chi connectivity index (χ2v) is 2.84. The van der Waals surface area contributed by atoms with Crippen molar-refractivity contribution >= 4 is 0 Å². The number of nitrogens with two attached hydrogens (primary N) is 2. The van der Waals surface area contributed by atoms with Gasteiger partial charge in [-0.05, 0) is 12.8 Å². The van der Waals surface area contributed by atoms with E-state index in [-0.39, 0.29) is 18.4 Å². The molecule has 0 bridgehead atoms. The smallest absolute Gasteiger partial charge is 0.172 e. The van der Waals surface area contributed by atoms with Gasteiger partial charge in [-0.1, -0.05) is 0 Å². The minimum absolute atomic E-state index is 0.00259. The molecule has 1 heterocycles. The molecular weight excluding hydrogens is 144 g/mol. The highest BCUT2D eigenvalue weighted by Crippen LogP contribution is 2.17. The maximum Gasteiger partial charge on any atom is 0.172 e. The predicted molar refractivity (Wildman–Crippen MR) is 41.9 cm³/mol. The maximum absolute atomic E-state index is 5.72. The van der Waals surface area contributed by atoms with Crippen LogP contribution in [-0.4, -0.2) is 32.1 Å². The summed E-state index contributed by atoms with van der Waals surface area (Å²) in [5.41, 5.74) is 11.2. The Bertz CT molecular complexity index is 121. The Morgan fingerprint density at radius 2 is 2.27 bits per heavy atom. The Morgan fingerprint density at radius 3 is 2.82 bits per heavy atom. The average molecular weight is 160 g/mol. The second-order valence-electron chi connectivity index (χ2n) is 2.84. The molecule has 4 nitrogen and oxygen atoms in total. The molecule has 0 aromatic rings. The zero-order valence-corrected chi connectivity index (χ0v) is 6.82. The molecule has 0 spiro atoms. The van der Waals surface area contributed by atoms with Crippen LogP contribution in [0.5, 0.6) is 0 Å². The lowest BCUT2D eigenvalue weighted by Crippen LogP contribution is -2.47. The van der Waals surface area contributed by atoms with Gasteiger partial charge in [-0.3, -0.25) is 0 Å². The SMILES string of the molecule is CO[C@H]1OC(CN)CC[C@H]1N. The number of hydrogen-bond acceptors (Lipinski definition) is 4. The molecule has 0 radical (unpaired) electrons. The molecule has 11 heavy (non-hydrogen) atoms. The van der Waals surface area contributed by atoms with Crippen molar-refractivity contribution in [2.45, 2.75) is 31.3 Å². The lowest BCUT2D eigenvalue weighted by molar-refractivity contribution is -0.186. The van der Waals surface area contributed by atoms with Crippen molar-refractivity contribution in [3.63, 3.8) is 0 Å². The molecule has 1 saturated heterocycles. The first-order valence-electron chi connectivity index (χ1n) is 3.92. The molecule has 1 aliphatic rings. The highest BCUT2D eigenvalue weighted by molar-refractivity contribution is 4.76. The van der Waals surface area contributed by atoms with Crippen LogP contribution < -0.4 is 11.5 Å². The fourth-order valence-electron chi connectivity index (χ4n) is 1.28. The first kappa shape index (κ1) is 8.93. The summed E-state index contributed by atoms with van der Waals surface area (Å²) in [7, 11) is 1.60. The van der Waals surface area contributed by atoms with E-state index in [0.717, 1.165) is 12.8 Å². The van der Waals surface area contributed by atoms with Gasteiger partial charge in [0, 0.05) is 13.7 Å². The lowest BCUT2D eigenvalue weighted by Gasteiger charge is -2.32. The van der Waals surface area contributed by atoms with Crippen LogP contribution in [-0.2, 0) is 9.47 Å². The third-order valence-corrected chi connectivity index (χ3v) is 1.99. The Balaban J connectivity index is 2.37. The molecule has 1 aliphatic heterocycles. The van der Waals surface area contributed by atoms with Crippen LogP contribution >= 0.6 is 0 Å². The van der Waals surface area contributed by atoms with Crippen LogP contribution in [0.4, 0.5) is 0 Å². The van der Waals surface area contributed by atoms with E-state index in [1.165, 1.54) is 0 Å². The van der Waals surface area contributed by atoms with Gasteiger partial charge >= 0.3 is 0 Å². The molecule has 1 fully saturated rings. The first-order valence-corrected chi connectivity index (χ1v) is 3.92. The molecule has 1 rings (SSSR count). The largest absolute Gasteiger partial charge is 0.354 e. The fraction of sp³-hybridized carbons (Fsp3) is 1.00. The van der Waals surface area contributed by atoms with E-state index in [1.807, 2.05) is 0 Å². The average Bonchev–Trinajstić information content (AvgIpc) is 2.05. The minimum Gasteiger partial charge on any atom is -0.354 e. The van der Waals surface area contributed by atoms with Gasteiger partial charge in [0.05, 0.1) is 12.1 Å². The van der Waals surface area contributed by atoms with Crippen molar-refractivity contribution in [2.75, 3.05) is 13.7 Å². The molecule has 0 amide bonds. The fourth-order valence-corrected chi connectivity index (χ4v) is 1.28. The van der Waals surface area contributed by atoms with E-state index in [4.69, 9.17) is 20.9 Å². The summed E-state index contributed by atoms with van der Waals surface area (Å²) >= 11 is 0. The molecule has 3 atom stereocenters. The van der Waals surface area contributed by atoms with Crippen molar-refractivity contribution in [3.05, 3.63) is 0 Å². The highest BCUT2D eigenvalue weighted by atomic mass is 16.7. The zero-order chi connectivity index (χ0) is 8.27. The van der Waals surface area contributed by atoms with Gasteiger partial charge in [-0.2, -0.15) is 0 Å². The standard InChI is InChI=1S/C7H16N2O2/c1-10-7-6(9)3-2-5(4-8)11-7/h5-7H,2-4,8-9H2,1H3/t5?,6-,7+/m1/s1. The normalized spacial score (nSPS) is 39.0. The summed E-state index contributed by atoms with van der Waals surface area (Å²) in [4.78, 5) is 0. The van der Waals surface area contributed by atoms with Gasteiger partial charge in [0.15, 0.2) is 6.29 Å². The van der Waals surface area contributed by atoms with E-state index in [0.29, 0.717) is 6.54 Å². The first-order chi connectivity index (χ1) is 5.27. The predicted octanol–water partition coefficient (Wildman–Crippen LogP) is -0.576. The third-order valence-electron chi connectivity index (χ3n) is 1.99. The van der Waals surface area contributed by atoms with Gasteiger partial charge in [0.25, 0.3) is 0 Å². The molecule has 0 aromatic carbocycles. The third kappa shape index (κ3) is 2.13. The molecule has 66 valence electrons. The Hall–Kier alpha value is -0.160. The molecule has 0 aliphatic carbocycles. The lowest BCUT2D eigenvalue weighted by atomic mass is 10.0. The Labute approximate surface area is 66.8 Å². The van der Waals surface area contributed by atoms with Crippen molar-refractivity contribution in [2.24, 2.45) is 11.5 Å². The van der Waals surface area contributed by atoms with E-state index >= 15 is 0 Å². The second kappa shape index (κ2) is 4.01. The summed E-state index contributed by atoms with van der Waals surface area (Å²) in [6, 6.07) is 0.00259. The van der Waals surface area contributed by atoms with E-state index in [2.05, 4.69) is 0 Å². The van der Waals surface area contributed by atoms with Gasteiger partial charge in [-0.15, -0.1) is 0 Å². The number of ether oxygens (including phenoxy) is 2. The van der Waals surface area contributed by atoms with Crippen molar-refractivity contribution < 1.29 is 9.47 Å². The summed E-state index contributed by atoms with van der Waals surface area (Å²) in [5.74, 6) is 0. The van der Waals surface area contributed by atoms with Gasteiger partial charge in [0.1, 0.15) is 0 Å². The van der Waals surface area contributed by atoms with Crippen molar-refractivity contribution in [1.29, 1.82) is 0 Å². The number of rotatable bonds is 2. The quantitative estimate of drug-likeness (QED) is 0.567. The zero-order valence-electron chi connectivity index (χ0n) is 6.82. The molecule has 0 aromatic heterocycles. The maximum atomic E-state index is 5.72. The molecule has 4 N–H and O–H groups in total. The van der Waals surface area contributed by atoms with E-state index in [1.54, 1.807) is 7.11 Å². The van der Waals surface area contributed by atoms with Crippen molar-refractivity contribution in [3.8, 4) is 0 Å². The topological polar surface area (TPSA) is 70.5 Å². The summed E-state index contributed by atoms with van der Waals surface area (Å²) in [6.45, 7) is 0.548. The van der Waals surface area contributed by atoms with Crippen LogP contribution in [0.3, 0.4) is 0 Å². The van der Waals surface area contributed by atoms with Gasteiger partial charge < -0.3 is 20.9 Å². The van der Waals surface area contributed by atoms with E-state index in [9.17, 15) is 0 Å². The summed E-state index contributed by atoms with van der Waals surface area (Å²) in [5, 5.41) is 0. The van der Waals surface area contributed by atoms with Crippen LogP contribution in [0, 0.1) is 0 Å². The summed E-state index contributed by atoms with van der Waals surface area (Å²) in [6.07, 6.45) is 1.73. The summed E-state index contributed by atoms with van der Waals surface area (Å²) < 4.78 is 10.5. The molecule has 0 saturated carbocycles. The molecular formula is C7H16N2O2. The minimum atomic E-state index is -0.266. The molecule has 4 heteroatoms. The van der Waals surface area contributed by atoms with Crippen LogP contribution in [0.2, 0.25) is 0 Å². The van der Waals surface area contributed by atoms with Gasteiger partial charge in [-0.25, -0.2) is 0 Å². The monoisotopic (exact) mass is 160 g/mol. The van der Waals surface area contributed by atoms with Gasteiger partial charge in [0.2, 0.25) is 0 Å². The Morgan fingerprint density at radius 1 is 1.55 bits per heavy atom. The number of methoxy groups -OCH3 is 1. The highest BCUT2D eigenvalue weighted by Gasteiger charge is 2.27. The van der Waals surface area contributed by atoms with Crippen LogP contribution in [0.15, 0.2) is 0 Å². The Kier molecular flexibility index (Phi) is 3.26. The van der Waals surface area contributed by atoms with Crippen LogP contribution in [0.1, 0.15) is 12.8 Å². The van der Waals surface area contributed by atoms with E-state index < -0.39 is 0 Å².